The van der Waals surface area contributed by atoms with Gasteiger partial charge in [-0.2, -0.15) is 13.2 Å². The van der Waals surface area contributed by atoms with Crippen LogP contribution in [-0.4, -0.2) is 18.7 Å². The number of halogens is 3. The molecule has 25 heavy (non-hydrogen) atoms. The summed E-state index contributed by atoms with van der Waals surface area (Å²) in [6.45, 7) is 3.55. The molecule has 1 atom stereocenters. The van der Waals surface area contributed by atoms with Crippen LogP contribution >= 0.6 is 0 Å². The number of rotatable bonds is 6. The van der Waals surface area contributed by atoms with Crippen molar-refractivity contribution in [1.29, 1.82) is 0 Å². The maximum Gasteiger partial charge on any atom is 0.416 e. The van der Waals surface area contributed by atoms with Gasteiger partial charge in [0.2, 0.25) is 0 Å². The molecule has 0 radical (unpaired) electrons. The molecular weight excluding hydrogens is 337 g/mol. The summed E-state index contributed by atoms with van der Waals surface area (Å²) in [6.07, 6.45) is -5.13. The van der Waals surface area contributed by atoms with E-state index in [0.717, 1.165) is 12.1 Å². The Morgan fingerprint density at radius 1 is 0.960 bits per heavy atom. The second-order valence-corrected chi connectivity index (χ2v) is 5.11. The summed E-state index contributed by atoms with van der Waals surface area (Å²) in [5.41, 5.74) is -0.739. The van der Waals surface area contributed by atoms with Gasteiger partial charge in [0.1, 0.15) is 17.2 Å². The van der Waals surface area contributed by atoms with Gasteiger partial charge in [-0.05, 0) is 62.4 Å². The quantitative estimate of drug-likeness (QED) is 0.697. The van der Waals surface area contributed by atoms with Crippen molar-refractivity contribution >= 4 is 5.97 Å². The lowest BCUT2D eigenvalue weighted by molar-refractivity contribution is -0.150. The molecule has 7 heteroatoms. The largest absolute Gasteiger partial charge is 0.479 e. The van der Waals surface area contributed by atoms with E-state index < -0.39 is 23.8 Å². The van der Waals surface area contributed by atoms with Crippen LogP contribution in [0.4, 0.5) is 13.2 Å². The lowest BCUT2D eigenvalue weighted by Crippen LogP contribution is -2.25. The fourth-order valence-electron chi connectivity index (χ4n) is 1.95. The molecule has 0 aliphatic heterocycles. The van der Waals surface area contributed by atoms with E-state index >= 15 is 0 Å². The highest BCUT2D eigenvalue weighted by atomic mass is 19.4. The lowest BCUT2D eigenvalue weighted by atomic mass is 10.2. The number of hydrogen-bond donors (Lipinski definition) is 0. The first-order chi connectivity index (χ1) is 11.8. The van der Waals surface area contributed by atoms with Crippen LogP contribution in [0.1, 0.15) is 19.4 Å². The fourth-order valence-corrected chi connectivity index (χ4v) is 1.95. The molecule has 0 fully saturated rings. The van der Waals surface area contributed by atoms with Crippen LogP contribution in [0.3, 0.4) is 0 Å². The van der Waals surface area contributed by atoms with Crippen molar-refractivity contribution in [2.24, 2.45) is 0 Å². The zero-order valence-corrected chi connectivity index (χ0v) is 13.7. The highest BCUT2D eigenvalue weighted by Gasteiger charge is 2.30. The van der Waals surface area contributed by atoms with E-state index in [9.17, 15) is 18.0 Å². The number of carbonyl (C=O) groups is 1. The summed E-state index contributed by atoms with van der Waals surface area (Å²) in [6, 6.07) is 10.8. The fraction of sp³-hybridized carbons (Fsp3) is 0.278. The molecule has 0 spiro atoms. The SMILES string of the molecule is CCOC(=O)[C@@H](C)Oc1ccc(Oc2ccc(C(F)(F)F)cc2)cc1. The Morgan fingerprint density at radius 3 is 1.92 bits per heavy atom. The molecule has 2 rings (SSSR count). The molecule has 2 aromatic rings. The number of benzene rings is 2. The number of esters is 1. The van der Waals surface area contributed by atoms with Crippen molar-refractivity contribution < 1.29 is 32.2 Å². The number of carbonyl (C=O) groups excluding carboxylic acids is 1. The van der Waals surface area contributed by atoms with E-state index in [1.54, 1.807) is 38.1 Å². The third-order valence-corrected chi connectivity index (χ3v) is 3.17. The normalized spacial score (nSPS) is 12.4. The second-order valence-electron chi connectivity index (χ2n) is 5.11. The average molecular weight is 354 g/mol. The Morgan fingerprint density at radius 2 is 1.44 bits per heavy atom. The Balaban J connectivity index is 1.97. The highest BCUT2D eigenvalue weighted by molar-refractivity contribution is 5.74. The van der Waals surface area contributed by atoms with Gasteiger partial charge in [0.05, 0.1) is 12.2 Å². The van der Waals surface area contributed by atoms with Gasteiger partial charge < -0.3 is 14.2 Å². The van der Waals surface area contributed by atoms with Crippen LogP contribution in [0.5, 0.6) is 17.2 Å². The number of hydrogen-bond acceptors (Lipinski definition) is 4. The molecule has 0 saturated heterocycles. The topological polar surface area (TPSA) is 44.8 Å². The predicted octanol–water partition coefficient (Wildman–Crippen LogP) is 4.83. The third-order valence-electron chi connectivity index (χ3n) is 3.17. The van der Waals surface area contributed by atoms with Gasteiger partial charge in [0.25, 0.3) is 0 Å². The third kappa shape index (κ3) is 5.41. The van der Waals surface area contributed by atoms with Crippen molar-refractivity contribution in [2.45, 2.75) is 26.1 Å². The summed E-state index contributed by atoms with van der Waals surface area (Å²) < 4.78 is 53.3. The van der Waals surface area contributed by atoms with Crippen molar-refractivity contribution in [1.82, 2.24) is 0 Å². The van der Waals surface area contributed by atoms with Crippen LogP contribution < -0.4 is 9.47 Å². The standard InChI is InChI=1S/C18H17F3O4/c1-3-23-17(22)12(2)24-14-8-10-16(11-9-14)25-15-6-4-13(5-7-15)18(19,20)21/h4-12H,3H2,1-2H3/t12-/m1/s1. The monoisotopic (exact) mass is 354 g/mol. The molecule has 2 aromatic carbocycles. The smallest absolute Gasteiger partial charge is 0.416 e. The Hall–Kier alpha value is -2.70. The van der Waals surface area contributed by atoms with E-state index in [1.165, 1.54) is 12.1 Å². The van der Waals surface area contributed by atoms with Gasteiger partial charge in [-0.3, -0.25) is 0 Å². The molecule has 0 aromatic heterocycles. The number of alkyl halides is 3. The lowest BCUT2D eigenvalue weighted by Gasteiger charge is -2.14. The van der Waals surface area contributed by atoms with Crippen molar-refractivity contribution in [3.63, 3.8) is 0 Å². The van der Waals surface area contributed by atoms with Crippen LogP contribution in [0, 0.1) is 0 Å². The summed E-state index contributed by atoms with van der Waals surface area (Å²) in [5, 5.41) is 0. The van der Waals surface area contributed by atoms with Gasteiger partial charge in [-0.15, -0.1) is 0 Å². The summed E-state index contributed by atoms with van der Waals surface area (Å²) in [7, 11) is 0. The van der Waals surface area contributed by atoms with Crippen LogP contribution in [0.25, 0.3) is 0 Å². The van der Waals surface area contributed by atoms with E-state index in [-0.39, 0.29) is 12.4 Å². The molecule has 0 amide bonds. The first-order valence-electron chi connectivity index (χ1n) is 7.58. The average Bonchev–Trinajstić information content (AvgIpc) is 2.56. The van der Waals surface area contributed by atoms with E-state index in [1.807, 2.05) is 0 Å². The maximum atomic E-state index is 12.5. The molecule has 134 valence electrons. The van der Waals surface area contributed by atoms with Gasteiger partial charge >= 0.3 is 12.1 Å². The van der Waals surface area contributed by atoms with Gasteiger partial charge in [-0.1, -0.05) is 0 Å². The predicted molar refractivity (Wildman–Crippen MR) is 84.7 cm³/mol. The molecule has 0 unspecified atom stereocenters. The van der Waals surface area contributed by atoms with E-state index in [2.05, 4.69) is 0 Å². The molecule has 0 aliphatic carbocycles. The second kappa shape index (κ2) is 7.92. The Kier molecular flexibility index (Phi) is 5.90. The van der Waals surface area contributed by atoms with Crippen LogP contribution in [0.15, 0.2) is 48.5 Å². The zero-order valence-electron chi connectivity index (χ0n) is 13.7. The summed E-state index contributed by atoms with van der Waals surface area (Å²) >= 11 is 0. The molecule has 4 nitrogen and oxygen atoms in total. The first kappa shape index (κ1) is 18.6. The van der Waals surface area contributed by atoms with Crippen molar-refractivity contribution in [3.05, 3.63) is 54.1 Å². The summed E-state index contributed by atoms with van der Waals surface area (Å²) in [4.78, 5) is 11.5. The Labute approximate surface area is 143 Å². The molecule has 0 bridgehead atoms. The minimum absolute atomic E-state index is 0.270. The molecule has 0 heterocycles. The van der Waals surface area contributed by atoms with Crippen LogP contribution in [0.2, 0.25) is 0 Å². The minimum atomic E-state index is -4.38. The van der Waals surface area contributed by atoms with E-state index in [0.29, 0.717) is 11.5 Å². The minimum Gasteiger partial charge on any atom is -0.479 e. The van der Waals surface area contributed by atoms with Crippen LogP contribution in [-0.2, 0) is 15.7 Å². The Bertz CT molecular complexity index is 694. The van der Waals surface area contributed by atoms with Gasteiger partial charge in [0.15, 0.2) is 6.10 Å². The number of ether oxygens (including phenoxy) is 3. The molecule has 0 aliphatic rings. The molecule has 0 saturated carbocycles. The van der Waals surface area contributed by atoms with Crippen molar-refractivity contribution in [3.8, 4) is 17.2 Å². The van der Waals surface area contributed by atoms with Crippen molar-refractivity contribution in [2.75, 3.05) is 6.61 Å². The van der Waals surface area contributed by atoms with Gasteiger partial charge in [0, 0.05) is 0 Å². The van der Waals surface area contributed by atoms with E-state index in [4.69, 9.17) is 14.2 Å². The zero-order chi connectivity index (χ0) is 18.4. The maximum absolute atomic E-state index is 12.5. The highest BCUT2D eigenvalue weighted by Crippen LogP contribution is 2.31. The molecular formula is C18H17F3O4. The first-order valence-corrected chi connectivity index (χ1v) is 7.58. The molecule has 0 N–H and O–H groups in total. The summed E-state index contributed by atoms with van der Waals surface area (Å²) in [5.74, 6) is 0.686. The van der Waals surface area contributed by atoms with Gasteiger partial charge in [-0.25, -0.2) is 4.79 Å².